The van der Waals surface area contributed by atoms with Gasteiger partial charge in [0.1, 0.15) is 5.75 Å². The molecule has 5 heteroatoms. The maximum Gasteiger partial charge on any atom is 0.379 e. The average molecular weight is 244 g/mol. The molecule has 0 aliphatic rings. The molecule has 0 saturated heterocycles. The quantitative estimate of drug-likeness (QED) is 0.866. The smallest absolute Gasteiger partial charge is 0.379 e. The van der Waals surface area contributed by atoms with E-state index >= 15 is 0 Å². The fraction of sp³-hybridized carbons (Fsp3) is 0.417. The molecule has 1 aromatic rings. The first-order valence-corrected chi connectivity index (χ1v) is 5.18. The number of hydrogen-bond acceptors (Lipinski definition) is 2. The van der Waals surface area contributed by atoms with Crippen LogP contribution in [0, 0.1) is 5.92 Å². The molecule has 0 aromatic heterocycles. The minimum absolute atomic E-state index is 0.329. The second-order valence-corrected chi connectivity index (χ2v) is 4.11. The summed E-state index contributed by atoms with van der Waals surface area (Å²) in [6.07, 6.45) is 0. The van der Waals surface area contributed by atoms with Gasteiger partial charge in [-0.25, -0.2) is 4.79 Å². The van der Waals surface area contributed by atoms with E-state index in [1.807, 2.05) is 13.8 Å². The topological polar surface area (TPSA) is 46.5 Å². The summed E-state index contributed by atoms with van der Waals surface area (Å²) in [5, 5.41) is 8.36. The Morgan fingerprint density at radius 2 is 1.88 bits per heavy atom. The SMILES string of the molecule is CC(C)COc1ccc(C(F)(F)C(=O)O)cc1. The first-order valence-electron chi connectivity index (χ1n) is 5.18. The van der Waals surface area contributed by atoms with Crippen molar-refractivity contribution in [3.8, 4) is 5.75 Å². The molecule has 3 nitrogen and oxygen atoms in total. The third-order valence-corrected chi connectivity index (χ3v) is 2.07. The minimum atomic E-state index is -3.86. The molecule has 0 amide bonds. The number of hydrogen-bond donors (Lipinski definition) is 1. The zero-order valence-corrected chi connectivity index (χ0v) is 9.61. The van der Waals surface area contributed by atoms with Crippen LogP contribution in [-0.2, 0) is 10.7 Å². The van der Waals surface area contributed by atoms with Gasteiger partial charge >= 0.3 is 11.9 Å². The van der Waals surface area contributed by atoms with Crippen molar-refractivity contribution >= 4 is 5.97 Å². The Hall–Kier alpha value is -1.65. The van der Waals surface area contributed by atoms with Crippen molar-refractivity contribution in [2.45, 2.75) is 19.8 Å². The van der Waals surface area contributed by atoms with Crippen molar-refractivity contribution in [2.75, 3.05) is 6.61 Å². The van der Waals surface area contributed by atoms with E-state index in [0.717, 1.165) is 12.1 Å². The normalized spacial score (nSPS) is 11.6. The lowest BCUT2D eigenvalue weighted by Gasteiger charge is -2.13. The predicted molar refractivity (Wildman–Crippen MR) is 58.3 cm³/mol. The van der Waals surface area contributed by atoms with Crippen molar-refractivity contribution in [3.05, 3.63) is 29.8 Å². The van der Waals surface area contributed by atoms with Crippen molar-refractivity contribution in [2.24, 2.45) is 5.92 Å². The van der Waals surface area contributed by atoms with Gasteiger partial charge in [0.2, 0.25) is 0 Å². The summed E-state index contributed by atoms with van der Waals surface area (Å²) < 4.78 is 31.5. The second kappa shape index (κ2) is 5.12. The Morgan fingerprint density at radius 1 is 1.35 bits per heavy atom. The van der Waals surface area contributed by atoms with Crippen LogP contribution >= 0.6 is 0 Å². The summed E-state index contributed by atoms with van der Waals surface area (Å²) in [5.74, 6) is -5.25. The standard InChI is InChI=1S/C12H14F2O3/c1-8(2)7-17-10-5-3-9(4-6-10)12(13,14)11(15)16/h3-6,8H,7H2,1-2H3,(H,15,16). The highest BCUT2D eigenvalue weighted by Gasteiger charge is 2.40. The molecule has 1 rings (SSSR count). The molecule has 0 aliphatic heterocycles. The van der Waals surface area contributed by atoms with E-state index in [9.17, 15) is 13.6 Å². The molecule has 1 aromatic carbocycles. The van der Waals surface area contributed by atoms with Crippen LogP contribution in [0.1, 0.15) is 19.4 Å². The Kier molecular flexibility index (Phi) is 4.04. The van der Waals surface area contributed by atoms with Gasteiger partial charge in [-0.05, 0) is 30.2 Å². The molecule has 94 valence electrons. The van der Waals surface area contributed by atoms with E-state index in [0.29, 0.717) is 18.3 Å². The van der Waals surface area contributed by atoms with E-state index in [4.69, 9.17) is 9.84 Å². The highest BCUT2D eigenvalue weighted by molar-refractivity contribution is 5.77. The first-order chi connectivity index (χ1) is 7.84. The third-order valence-electron chi connectivity index (χ3n) is 2.07. The van der Waals surface area contributed by atoms with Gasteiger partial charge in [-0.15, -0.1) is 0 Å². The minimum Gasteiger partial charge on any atom is -0.493 e. The molecule has 0 fully saturated rings. The van der Waals surface area contributed by atoms with Gasteiger partial charge in [-0.1, -0.05) is 13.8 Å². The molecular formula is C12H14F2O3. The largest absolute Gasteiger partial charge is 0.493 e. The summed E-state index contributed by atoms with van der Waals surface area (Å²) >= 11 is 0. The van der Waals surface area contributed by atoms with Crippen molar-refractivity contribution in [1.29, 1.82) is 0 Å². The van der Waals surface area contributed by atoms with Crippen LogP contribution in [0.5, 0.6) is 5.75 Å². The zero-order valence-electron chi connectivity index (χ0n) is 9.61. The molecule has 0 aliphatic carbocycles. The summed E-state index contributed by atoms with van der Waals surface area (Å²) in [4.78, 5) is 10.3. The van der Waals surface area contributed by atoms with Gasteiger partial charge in [0, 0.05) is 5.56 Å². The number of aliphatic carboxylic acids is 1. The molecule has 0 bridgehead atoms. The van der Waals surface area contributed by atoms with E-state index in [1.165, 1.54) is 12.1 Å². The number of carbonyl (C=O) groups is 1. The summed E-state index contributed by atoms with van der Waals surface area (Å²) in [5.41, 5.74) is -0.554. The van der Waals surface area contributed by atoms with Crippen molar-refractivity contribution in [3.63, 3.8) is 0 Å². The summed E-state index contributed by atoms with van der Waals surface area (Å²) in [7, 11) is 0. The van der Waals surface area contributed by atoms with E-state index in [1.54, 1.807) is 0 Å². The van der Waals surface area contributed by atoms with E-state index in [-0.39, 0.29) is 0 Å². The summed E-state index contributed by atoms with van der Waals surface area (Å²) in [6.45, 7) is 4.41. The lowest BCUT2D eigenvalue weighted by atomic mass is 10.1. The second-order valence-electron chi connectivity index (χ2n) is 4.11. The average Bonchev–Trinajstić information content (AvgIpc) is 2.26. The number of benzene rings is 1. The molecule has 0 unspecified atom stereocenters. The highest BCUT2D eigenvalue weighted by atomic mass is 19.3. The van der Waals surface area contributed by atoms with Crippen LogP contribution in [0.15, 0.2) is 24.3 Å². The molecule has 1 N–H and O–H groups in total. The van der Waals surface area contributed by atoms with Crippen LogP contribution in [0.2, 0.25) is 0 Å². The molecule has 0 spiro atoms. The fourth-order valence-electron chi connectivity index (χ4n) is 1.15. The molecule has 17 heavy (non-hydrogen) atoms. The number of alkyl halides is 2. The maximum atomic E-state index is 13.1. The van der Waals surface area contributed by atoms with Gasteiger partial charge in [0.25, 0.3) is 0 Å². The van der Waals surface area contributed by atoms with E-state index < -0.39 is 17.5 Å². The number of carboxylic acid groups (broad SMARTS) is 1. The monoisotopic (exact) mass is 244 g/mol. The molecular weight excluding hydrogens is 230 g/mol. The number of ether oxygens (including phenoxy) is 1. The Morgan fingerprint density at radius 3 is 2.29 bits per heavy atom. The van der Waals surface area contributed by atoms with Crippen LogP contribution in [0.25, 0.3) is 0 Å². The number of rotatable bonds is 5. The van der Waals surface area contributed by atoms with E-state index in [2.05, 4.69) is 0 Å². The van der Waals surface area contributed by atoms with Crippen LogP contribution in [0.4, 0.5) is 8.78 Å². The van der Waals surface area contributed by atoms with Gasteiger partial charge < -0.3 is 9.84 Å². The van der Waals surface area contributed by atoms with Crippen LogP contribution in [0.3, 0.4) is 0 Å². The predicted octanol–water partition coefficient (Wildman–Crippen LogP) is 2.90. The zero-order chi connectivity index (χ0) is 13.1. The Labute approximate surface area is 98.0 Å². The molecule has 0 heterocycles. The molecule has 0 atom stereocenters. The van der Waals surface area contributed by atoms with Crippen molar-refractivity contribution < 1.29 is 23.4 Å². The summed E-state index contributed by atoms with van der Waals surface area (Å²) in [6, 6.07) is 4.80. The molecule has 0 saturated carbocycles. The van der Waals surface area contributed by atoms with Gasteiger partial charge in [-0.3, -0.25) is 0 Å². The molecule has 0 radical (unpaired) electrons. The number of carboxylic acids is 1. The van der Waals surface area contributed by atoms with Crippen LogP contribution in [-0.4, -0.2) is 17.7 Å². The maximum absolute atomic E-state index is 13.1. The Balaban J connectivity index is 2.78. The lowest BCUT2D eigenvalue weighted by molar-refractivity contribution is -0.166. The lowest BCUT2D eigenvalue weighted by Crippen LogP contribution is -2.25. The number of halogens is 2. The Bertz CT molecular complexity index is 385. The third kappa shape index (κ3) is 3.41. The highest BCUT2D eigenvalue weighted by Crippen LogP contribution is 2.29. The van der Waals surface area contributed by atoms with Crippen LogP contribution < -0.4 is 4.74 Å². The van der Waals surface area contributed by atoms with Gasteiger partial charge in [0.05, 0.1) is 6.61 Å². The fourth-order valence-corrected chi connectivity index (χ4v) is 1.15. The van der Waals surface area contributed by atoms with Crippen molar-refractivity contribution in [1.82, 2.24) is 0 Å². The van der Waals surface area contributed by atoms with Gasteiger partial charge in [0.15, 0.2) is 0 Å². The first kappa shape index (κ1) is 13.4. The van der Waals surface area contributed by atoms with Gasteiger partial charge in [-0.2, -0.15) is 8.78 Å².